The molecule has 0 aliphatic rings. The molecule has 0 bridgehead atoms. The van der Waals surface area contributed by atoms with Crippen LogP contribution < -0.4 is 0 Å². The summed E-state index contributed by atoms with van der Waals surface area (Å²) in [7, 11) is -4.53. The summed E-state index contributed by atoms with van der Waals surface area (Å²) in [6, 6.07) is 0. The van der Waals surface area contributed by atoms with Gasteiger partial charge < -0.3 is 24.6 Å². The Kier molecular flexibility index (Phi) is 46.2. The molecule has 61 heavy (non-hydrogen) atoms. The summed E-state index contributed by atoms with van der Waals surface area (Å²) < 4.78 is 33.5. The van der Waals surface area contributed by atoms with E-state index in [1.807, 2.05) is 0 Å². The van der Waals surface area contributed by atoms with Crippen LogP contribution in [0.25, 0.3) is 0 Å². The van der Waals surface area contributed by atoms with Crippen LogP contribution in [0.5, 0.6) is 0 Å². The highest BCUT2D eigenvalue weighted by Gasteiger charge is 2.26. The molecule has 0 spiro atoms. The fraction of sp³-hybridized carbons (Fsp3) is 0.784. The van der Waals surface area contributed by atoms with Gasteiger partial charge in [0.25, 0.3) is 0 Å². The first-order valence-corrected chi connectivity index (χ1v) is 26.3. The van der Waals surface area contributed by atoms with Crippen LogP contribution in [0, 0.1) is 0 Å². The molecule has 3 N–H and O–H groups in total. The standard InChI is InChI=1S/C51H93O9P/c1-3-5-7-9-11-13-15-17-19-21-23-24-25-27-29-31-33-35-37-39-41-43-51(54)60-50(48-59-61(55,56)58-46-49(53)45-52)47-57-44-42-40-38-36-34-32-30-28-26-22-20-18-16-14-12-10-8-6-4-2/h5,7,11,13,17,19,23-24,27,29,49-50,52-53H,3-4,6,8-10,12,14-16,18,20-22,25-26,28,30-48H2,1-2H3,(H,55,56)/b7-5-,13-11-,19-17-,24-23-,29-27-. The molecule has 3 unspecified atom stereocenters. The average Bonchev–Trinajstić information content (AvgIpc) is 3.25. The zero-order valence-electron chi connectivity index (χ0n) is 39.1. The van der Waals surface area contributed by atoms with Crippen molar-refractivity contribution in [2.45, 2.75) is 225 Å². The monoisotopic (exact) mass is 881 g/mol. The maximum Gasteiger partial charge on any atom is 0.472 e. The minimum Gasteiger partial charge on any atom is -0.457 e. The third kappa shape index (κ3) is 47.5. The SMILES string of the molecule is CC/C=C\C/C=C\C/C=C\C/C=C\C/C=C\CCCCCCCC(=O)OC(COCCCCCCCCCCCCCCCCCCCCC)COP(=O)(O)OCC(O)CO. The second-order valence-electron chi connectivity index (χ2n) is 16.5. The molecule has 0 rings (SSSR count). The zero-order valence-corrected chi connectivity index (χ0v) is 40.0. The largest absolute Gasteiger partial charge is 0.472 e. The Morgan fingerprint density at radius 3 is 1.41 bits per heavy atom. The van der Waals surface area contributed by atoms with E-state index in [0.717, 1.165) is 83.5 Å². The molecule has 10 heteroatoms. The van der Waals surface area contributed by atoms with E-state index in [0.29, 0.717) is 13.0 Å². The predicted octanol–water partition coefficient (Wildman–Crippen LogP) is 14.3. The number of allylic oxidation sites excluding steroid dienone is 10. The molecule has 356 valence electrons. The zero-order chi connectivity index (χ0) is 44.6. The van der Waals surface area contributed by atoms with Crippen molar-refractivity contribution >= 4 is 13.8 Å². The van der Waals surface area contributed by atoms with Crippen molar-refractivity contribution < 1.29 is 43.0 Å². The second kappa shape index (κ2) is 47.6. The van der Waals surface area contributed by atoms with E-state index in [2.05, 4.69) is 74.6 Å². The number of phosphoric acid groups is 1. The van der Waals surface area contributed by atoms with Crippen LogP contribution in [-0.4, -0.2) is 66.3 Å². The van der Waals surface area contributed by atoms with Crippen LogP contribution in [0.2, 0.25) is 0 Å². The van der Waals surface area contributed by atoms with Gasteiger partial charge >= 0.3 is 13.8 Å². The molecule has 0 radical (unpaired) electrons. The Morgan fingerprint density at radius 1 is 0.525 bits per heavy atom. The van der Waals surface area contributed by atoms with E-state index in [4.69, 9.17) is 23.6 Å². The first kappa shape index (κ1) is 59.2. The maximum atomic E-state index is 12.7. The summed E-state index contributed by atoms with van der Waals surface area (Å²) in [4.78, 5) is 22.7. The van der Waals surface area contributed by atoms with Crippen molar-refractivity contribution in [2.24, 2.45) is 0 Å². The summed E-state index contributed by atoms with van der Waals surface area (Å²) in [6.45, 7) is 3.41. The van der Waals surface area contributed by atoms with Gasteiger partial charge in [-0.2, -0.15) is 0 Å². The average molecular weight is 881 g/mol. The minimum atomic E-state index is -4.53. The number of hydrogen-bond donors (Lipinski definition) is 3. The normalized spacial score (nSPS) is 14.4. The lowest BCUT2D eigenvalue weighted by Gasteiger charge is -2.20. The lowest BCUT2D eigenvalue weighted by atomic mass is 10.0. The molecular weight excluding hydrogens is 788 g/mol. The summed E-state index contributed by atoms with van der Waals surface area (Å²) in [5, 5.41) is 18.4. The van der Waals surface area contributed by atoms with E-state index in [-0.39, 0.29) is 19.6 Å². The lowest BCUT2D eigenvalue weighted by Crippen LogP contribution is -2.29. The molecular formula is C51H93O9P. The van der Waals surface area contributed by atoms with Gasteiger partial charge in [-0.1, -0.05) is 209 Å². The molecule has 9 nitrogen and oxygen atoms in total. The third-order valence-corrected chi connectivity index (χ3v) is 11.4. The fourth-order valence-electron chi connectivity index (χ4n) is 6.74. The number of phosphoric ester groups is 1. The van der Waals surface area contributed by atoms with Gasteiger partial charge in [-0.05, 0) is 57.8 Å². The van der Waals surface area contributed by atoms with E-state index in [9.17, 15) is 19.4 Å². The third-order valence-electron chi connectivity index (χ3n) is 10.5. The molecule has 0 amide bonds. The molecule has 0 fully saturated rings. The predicted molar refractivity (Wildman–Crippen MR) is 256 cm³/mol. The minimum absolute atomic E-state index is 0.0415. The van der Waals surface area contributed by atoms with Gasteiger partial charge in [0.15, 0.2) is 0 Å². The lowest BCUT2D eigenvalue weighted by molar-refractivity contribution is -0.154. The smallest absolute Gasteiger partial charge is 0.457 e. The molecule has 0 saturated heterocycles. The van der Waals surface area contributed by atoms with Crippen LogP contribution >= 0.6 is 7.82 Å². The Morgan fingerprint density at radius 2 is 0.934 bits per heavy atom. The molecule has 0 aromatic rings. The van der Waals surface area contributed by atoms with E-state index in [1.165, 1.54) is 103 Å². The van der Waals surface area contributed by atoms with Crippen molar-refractivity contribution in [3.8, 4) is 0 Å². The number of unbranched alkanes of at least 4 members (excludes halogenated alkanes) is 23. The number of ether oxygens (including phenoxy) is 2. The summed E-state index contributed by atoms with van der Waals surface area (Å²) in [5.41, 5.74) is 0. The van der Waals surface area contributed by atoms with Gasteiger partial charge in [0.2, 0.25) is 0 Å². The highest BCUT2D eigenvalue weighted by molar-refractivity contribution is 7.47. The Labute approximate surface area is 374 Å². The van der Waals surface area contributed by atoms with E-state index >= 15 is 0 Å². The second-order valence-corrected chi connectivity index (χ2v) is 17.9. The molecule has 0 heterocycles. The Hall–Kier alpha value is -1.84. The molecule has 0 aliphatic carbocycles. The first-order chi connectivity index (χ1) is 29.8. The van der Waals surface area contributed by atoms with Crippen molar-refractivity contribution in [2.75, 3.05) is 33.0 Å². The number of aliphatic hydroxyl groups excluding tert-OH is 2. The number of carbonyl (C=O) groups is 1. The number of carbonyl (C=O) groups excluding carboxylic acids is 1. The van der Waals surface area contributed by atoms with Crippen LogP contribution in [0.3, 0.4) is 0 Å². The van der Waals surface area contributed by atoms with E-state index in [1.54, 1.807) is 0 Å². The maximum absolute atomic E-state index is 12.7. The van der Waals surface area contributed by atoms with E-state index < -0.39 is 39.2 Å². The highest BCUT2D eigenvalue weighted by Crippen LogP contribution is 2.43. The van der Waals surface area contributed by atoms with Crippen LogP contribution in [-0.2, 0) is 27.9 Å². The van der Waals surface area contributed by atoms with Gasteiger partial charge in [0, 0.05) is 13.0 Å². The van der Waals surface area contributed by atoms with Crippen molar-refractivity contribution in [3.05, 3.63) is 60.8 Å². The molecule has 0 aromatic carbocycles. The van der Waals surface area contributed by atoms with Gasteiger partial charge in [-0.15, -0.1) is 0 Å². The van der Waals surface area contributed by atoms with Crippen molar-refractivity contribution in [1.29, 1.82) is 0 Å². The first-order valence-electron chi connectivity index (χ1n) is 24.8. The van der Waals surface area contributed by atoms with Crippen molar-refractivity contribution in [1.82, 2.24) is 0 Å². The molecule has 3 atom stereocenters. The van der Waals surface area contributed by atoms with Crippen LogP contribution in [0.15, 0.2) is 60.8 Å². The number of esters is 1. The van der Waals surface area contributed by atoms with Gasteiger partial charge in [0.1, 0.15) is 12.2 Å². The van der Waals surface area contributed by atoms with Crippen molar-refractivity contribution in [3.63, 3.8) is 0 Å². The quantitative estimate of drug-likeness (QED) is 0.0237. The highest BCUT2D eigenvalue weighted by atomic mass is 31.2. The fourth-order valence-corrected chi connectivity index (χ4v) is 7.53. The molecule has 0 aliphatic heterocycles. The summed E-state index contributed by atoms with van der Waals surface area (Å²) >= 11 is 0. The summed E-state index contributed by atoms with van der Waals surface area (Å²) in [5.74, 6) is -0.399. The van der Waals surface area contributed by atoms with Gasteiger partial charge in [-0.25, -0.2) is 4.57 Å². The van der Waals surface area contributed by atoms with Crippen LogP contribution in [0.4, 0.5) is 0 Å². The molecule has 0 saturated carbocycles. The topological polar surface area (TPSA) is 132 Å². The van der Waals surface area contributed by atoms with Crippen LogP contribution in [0.1, 0.15) is 213 Å². The van der Waals surface area contributed by atoms with Gasteiger partial charge in [0.05, 0.1) is 26.4 Å². The van der Waals surface area contributed by atoms with Gasteiger partial charge in [-0.3, -0.25) is 13.8 Å². The Bertz CT molecular complexity index is 1140. The summed E-state index contributed by atoms with van der Waals surface area (Å²) in [6.07, 6.45) is 56.1. The number of hydrogen-bond acceptors (Lipinski definition) is 8. The Balaban J connectivity index is 4.14. The number of rotatable bonds is 47. The molecule has 0 aromatic heterocycles. The number of aliphatic hydroxyl groups is 2.